The van der Waals surface area contributed by atoms with Gasteiger partial charge in [0.05, 0.1) is 24.4 Å². The molecular weight excluding hydrogens is 408 g/mol. The number of hydrogen-bond donors (Lipinski definition) is 1. The van der Waals surface area contributed by atoms with Crippen LogP contribution in [0.2, 0.25) is 0 Å². The molecule has 1 aromatic heterocycles. The van der Waals surface area contributed by atoms with Crippen LogP contribution in [0.25, 0.3) is 0 Å². The molecule has 2 heterocycles. The summed E-state index contributed by atoms with van der Waals surface area (Å²) in [6, 6.07) is 9.04. The van der Waals surface area contributed by atoms with Crippen molar-refractivity contribution in [2.75, 3.05) is 23.9 Å². The summed E-state index contributed by atoms with van der Waals surface area (Å²) in [7, 11) is 1.29. The number of nitrogens with zero attached hydrogens (tertiary/aromatic N) is 1. The Morgan fingerprint density at radius 1 is 1.32 bits per heavy atom. The predicted molar refractivity (Wildman–Crippen MR) is 98.9 cm³/mol. The second-order valence-electron chi connectivity index (χ2n) is 5.50. The first-order chi connectivity index (χ1) is 12.0. The van der Waals surface area contributed by atoms with E-state index in [-0.39, 0.29) is 18.2 Å². The van der Waals surface area contributed by atoms with Crippen molar-refractivity contribution in [3.8, 4) is 0 Å². The number of carbonyl (C=O) groups is 3. The van der Waals surface area contributed by atoms with Gasteiger partial charge in [0.15, 0.2) is 0 Å². The molecule has 1 aliphatic rings. The van der Waals surface area contributed by atoms with Crippen LogP contribution in [0.3, 0.4) is 0 Å². The quantitative estimate of drug-likeness (QED) is 0.766. The number of amides is 2. The summed E-state index contributed by atoms with van der Waals surface area (Å²) < 4.78 is 5.50. The van der Waals surface area contributed by atoms with E-state index in [2.05, 4.69) is 21.2 Å². The summed E-state index contributed by atoms with van der Waals surface area (Å²) in [5.74, 6) is -1.37. The maximum atomic E-state index is 12.5. The van der Waals surface area contributed by atoms with E-state index in [9.17, 15) is 14.4 Å². The predicted octanol–water partition coefficient (Wildman–Crippen LogP) is 3.29. The molecular formula is C17H15BrN2O4S. The number of halogens is 1. The minimum absolute atomic E-state index is 0.106. The average Bonchev–Trinajstić information content (AvgIpc) is 3.21. The number of benzene rings is 1. The van der Waals surface area contributed by atoms with Crippen molar-refractivity contribution in [1.29, 1.82) is 0 Å². The highest BCUT2D eigenvalue weighted by Gasteiger charge is 2.36. The summed E-state index contributed by atoms with van der Waals surface area (Å²) in [6.45, 7) is 0.297. The fourth-order valence-corrected chi connectivity index (χ4v) is 3.94. The molecule has 6 nitrogen and oxygen atoms in total. The van der Waals surface area contributed by atoms with Gasteiger partial charge in [0.1, 0.15) is 4.88 Å². The number of hydrogen-bond acceptors (Lipinski definition) is 5. The molecule has 25 heavy (non-hydrogen) atoms. The SMILES string of the molecule is COC(=O)c1sccc1NC(=O)C1CC(=O)N(c2ccccc2Br)C1. The summed E-state index contributed by atoms with van der Waals surface area (Å²) in [4.78, 5) is 38.5. The van der Waals surface area contributed by atoms with Crippen molar-refractivity contribution in [2.45, 2.75) is 6.42 Å². The van der Waals surface area contributed by atoms with Crippen LogP contribution in [0.1, 0.15) is 16.1 Å². The van der Waals surface area contributed by atoms with E-state index in [1.165, 1.54) is 18.4 Å². The maximum Gasteiger partial charge on any atom is 0.350 e. The van der Waals surface area contributed by atoms with Crippen molar-refractivity contribution >= 4 is 56.4 Å². The van der Waals surface area contributed by atoms with Crippen LogP contribution in [0, 0.1) is 5.92 Å². The van der Waals surface area contributed by atoms with Gasteiger partial charge in [0, 0.05) is 17.4 Å². The first kappa shape index (κ1) is 17.6. The van der Waals surface area contributed by atoms with Crippen LogP contribution in [0.5, 0.6) is 0 Å². The molecule has 1 fully saturated rings. The zero-order valence-corrected chi connectivity index (χ0v) is 15.7. The fraction of sp³-hybridized carbons (Fsp3) is 0.235. The highest BCUT2D eigenvalue weighted by molar-refractivity contribution is 9.10. The maximum absolute atomic E-state index is 12.5. The molecule has 1 saturated heterocycles. The third-order valence-corrected chi connectivity index (χ3v) is 5.50. The molecule has 1 aromatic carbocycles. The average molecular weight is 423 g/mol. The summed E-state index contributed by atoms with van der Waals surface area (Å²) in [6.07, 6.45) is 0.130. The smallest absolute Gasteiger partial charge is 0.350 e. The molecule has 2 amide bonds. The fourth-order valence-electron chi connectivity index (χ4n) is 2.68. The van der Waals surface area contributed by atoms with Gasteiger partial charge in [-0.3, -0.25) is 9.59 Å². The van der Waals surface area contributed by atoms with Gasteiger partial charge < -0.3 is 15.0 Å². The molecule has 0 saturated carbocycles. The molecule has 1 aliphatic heterocycles. The Bertz CT molecular complexity index is 836. The van der Waals surface area contributed by atoms with Gasteiger partial charge >= 0.3 is 5.97 Å². The Labute approximate surface area is 156 Å². The van der Waals surface area contributed by atoms with Crippen LogP contribution in [0.15, 0.2) is 40.2 Å². The molecule has 0 aliphatic carbocycles. The lowest BCUT2D eigenvalue weighted by Gasteiger charge is -2.18. The normalized spacial score (nSPS) is 16.8. The monoisotopic (exact) mass is 422 g/mol. The van der Waals surface area contributed by atoms with E-state index in [0.717, 1.165) is 10.2 Å². The summed E-state index contributed by atoms with van der Waals surface area (Å²) >= 11 is 4.62. The lowest BCUT2D eigenvalue weighted by molar-refractivity contribution is -0.122. The number of thiophene rings is 1. The van der Waals surface area contributed by atoms with Crippen molar-refractivity contribution in [3.63, 3.8) is 0 Å². The second-order valence-corrected chi connectivity index (χ2v) is 7.27. The van der Waals surface area contributed by atoms with Crippen molar-refractivity contribution < 1.29 is 19.1 Å². The zero-order chi connectivity index (χ0) is 18.0. The van der Waals surface area contributed by atoms with Crippen molar-refractivity contribution in [3.05, 3.63) is 45.1 Å². The van der Waals surface area contributed by atoms with Crippen LogP contribution >= 0.6 is 27.3 Å². The van der Waals surface area contributed by atoms with E-state index in [0.29, 0.717) is 17.1 Å². The molecule has 1 atom stereocenters. The zero-order valence-electron chi connectivity index (χ0n) is 13.3. The number of esters is 1. The summed E-state index contributed by atoms with van der Waals surface area (Å²) in [5.41, 5.74) is 1.15. The Balaban J connectivity index is 1.73. The van der Waals surface area contributed by atoms with Crippen LogP contribution in [0.4, 0.5) is 11.4 Å². The molecule has 0 bridgehead atoms. The van der Waals surface area contributed by atoms with E-state index in [1.807, 2.05) is 24.3 Å². The van der Waals surface area contributed by atoms with Crippen molar-refractivity contribution in [1.82, 2.24) is 0 Å². The number of anilines is 2. The van der Waals surface area contributed by atoms with Gasteiger partial charge in [-0.25, -0.2) is 4.79 Å². The second kappa shape index (κ2) is 7.37. The van der Waals surface area contributed by atoms with Gasteiger partial charge in [0.2, 0.25) is 11.8 Å². The van der Waals surface area contributed by atoms with E-state index in [4.69, 9.17) is 4.74 Å². The lowest BCUT2D eigenvalue weighted by atomic mass is 10.1. The Morgan fingerprint density at radius 3 is 2.80 bits per heavy atom. The van der Waals surface area contributed by atoms with Gasteiger partial charge in [-0.1, -0.05) is 12.1 Å². The first-order valence-electron chi connectivity index (χ1n) is 7.53. The molecule has 3 rings (SSSR count). The minimum atomic E-state index is -0.498. The van der Waals surface area contributed by atoms with Gasteiger partial charge in [-0.15, -0.1) is 11.3 Å². The molecule has 130 valence electrons. The molecule has 8 heteroatoms. The molecule has 0 spiro atoms. The highest BCUT2D eigenvalue weighted by atomic mass is 79.9. The number of para-hydroxylation sites is 1. The Hall–Kier alpha value is -2.19. The third-order valence-electron chi connectivity index (χ3n) is 3.93. The highest BCUT2D eigenvalue weighted by Crippen LogP contribution is 2.32. The number of nitrogens with one attached hydrogen (secondary N) is 1. The van der Waals surface area contributed by atoms with Crippen LogP contribution in [-0.4, -0.2) is 31.4 Å². The molecule has 1 unspecified atom stereocenters. The summed E-state index contributed by atoms with van der Waals surface area (Å²) in [5, 5.41) is 4.44. The number of carbonyl (C=O) groups excluding carboxylic acids is 3. The van der Waals surface area contributed by atoms with Crippen LogP contribution in [-0.2, 0) is 14.3 Å². The number of methoxy groups -OCH3 is 1. The first-order valence-corrected chi connectivity index (χ1v) is 9.20. The van der Waals surface area contributed by atoms with Crippen LogP contribution < -0.4 is 10.2 Å². The lowest BCUT2D eigenvalue weighted by Crippen LogP contribution is -2.28. The van der Waals surface area contributed by atoms with Gasteiger partial charge in [0.25, 0.3) is 0 Å². The Kier molecular flexibility index (Phi) is 5.19. The third kappa shape index (κ3) is 3.59. The van der Waals surface area contributed by atoms with Crippen molar-refractivity contribution in [2.24, 2.45) is 5.92 Å². The van der Waals surface area contributed by atoms with E-state index in [1.54, 1.807) is 16.3 Å². The molecule has 2 aromatic rings. The largest absolute Gasteiger partial charge is 0.465 e. The topological polar surface area (TPSA) is 75.7 Å². The minimum Gasteiger partial charge on any atom is -0.465 e. The standard InChI is InChI=1S/C17H15BrN2O4S/c1-24-17(23)15-12(6-7-25-15)19-16(22)10-8-14(21)20(9-10)13-5-3-2-4-11(13)18/h2-7,10H,8-9H2,1H3,(H,19,22). The number of rotatable bonds is 4. The molecule has 1 N–H and O–H groups in total. The molecule has 0 radical (unpaired) electrons. The number of ether oxygens (including phenoxy) is 1. The van der Waals surface area contributed by atoms with Gasteiger partial charge in [-0.05, 0) is 39.5 Å². The van der Waals surface area contributed by atoms with E-state index < -0.39 is 11.9 Å². The van der Waals surface area contributed by atoms with E-state index >= 15 is 0 Å². The Morgan fingerprint density at radius 2 is 2.08 bits per heavy atom. The van der Waals surface area contributed by atoms with Gasteiger partial charge in [-0.2, -0.15) is 0 Å².